The number of aromatic nitrogens is 4. The number of nitrogens with one attached hydrogen (secondary N) is 1. The van der Waals surface area contributed by atoms with Crippen molar-refractivity contribution in [2.24, 2.45) is 0 Å². The van der Waals surface area contributed by atoms with E-state index < -0.39 is 0 Å². The Morgan fingerprint density at radius 3 is 2.41 bits per heavy atom. The minimum absolute atomic E-state index is 0.117. The number of benzene rings is 3. The zero-order valence-corrected chi connectivity index (χ0v) is 21.8. The minimum Gasteiger partial charge on any atom is -0.323 e. The van der Waals surface area contributed by atoms with Gasteiger partial charge in [-0.1, -0.05) is 42.1 Å². The molecule has 1 N–H and O–H groups in total. The molecule has 0 aliphatic carbocycles. The summed E-state index contributed by atoms with van der Waals surface area (Å²) in [4.78, 5) is 26.1. The summed E-state index contributed by atoms with van der Waals surface area (Å²) in [5, 5.41) is 12.6. The average molecular weight is 599 g/mol. The van der Waals surface area contributed by atoms with Gasteiger partial charge in [0.25, 0.3) is 5.56 Å². The van der Waals surface area contributed by atoms with Crippen molar-refractivity contribution in [3.8, 4) is 5.69 Å². The topological polar surface area (TPSA) is 81.3 Å². The molecule has 0 saturated heterocycles. The van der Waals surface area contributed by atoms with E-state index in [1.807, 2.05) is 72.0 Å². The van der Waals surface area contributed by atoms with Gasteiger partial charge in [-0.2, -0.15) is 0 Å². The Labute approximate surface area is 215 Å². The Balaban J connectivity index is 1.53. The van der Waals surface area contributed by atoms with E-state index >= 15 is 0 Å². The lowest BCUT2D eigenvalue weighted by Crippen LogP contribution is -2.22. The summed E-state index contributed by atoms with van der Waals surface area (Å²) in [6, 6.07) is 20.5. The van der Waals surface area contributed by atoms with Crippen molar-refractivity contribution in [3.05, 3.63) is 91.6 Å². The Kier molecular flexibility index (Phi) is 6.28. The highest BCUT2D eigenvalue weighted by Crippen LogP contribution is 2.32. The third-order valence-corrected chi connectivity index (χ3v) is 7.37. The molecule has 0 saturated carbocycles. The first kappa shape index (κ1) is 22.8. The van der Waals surface area contributed by atoms with Crippen LogP contribution in [0.3, 0.4) is 0 Å². The minimum atomic E-state index is -0.187. The van der Waals surface area contributed by atoms with Crippen molar-refractivity contribution < 1.29 is 4.79 Å². The third kappa shape index (κ3) is 4.17. The second-order valence-corrected chi connectivity index (χ2v) is 10.2. The van der Waals surface area contributed by atoms with Gasteiger partial charge in [0.1, 0.15) is 0 Å². The van der Waals surface area contributed by atoms with Crippen LogP contribution in [-0.2, 0) is 4.79 Å². The number of para-hydroxylation sites is 2. The van der Waals surface area contributed by atoms with Gasteiger partial charge in [-0.05, 0) is 80.7 Å². The Morgan fingerprint density at radius 1 is 1.00 bits per heavy atom. The molecule has 0 atom stereocenters. The van der Waals surface area contributed by atoms with E-state index in [-0.39, 0.29) is 17.2 Å². The van der Waals surface area contributed by atoms with Crippen LogP contribution in [0.2, 0.25) is 0 Å². The van der Waals surface area contributed by atoms with Crippen molar-refractivity contribution in [1.29, 1.82) is 0 Å². The standard InChI is InChI=1S/C24H17Br2N5O2S/c1-14-11-17(25)21(18(26)12-14)27-20(32)13-34-24-29-28-23-30(15-7-3-2-4-8-15)22(33)16-9-5-6-10-19(16)31(23)24/h2-12H,13H2,1H3,(H,27,32). The van der Waals surface area contributed by atoms with Crippen LogP contribution in [0.5, 0.6) is 0 Å². The number of aryl methyl sites for hydroxylation is 1. The molecule has 0 aliphatic rings. The van der Waals surface area contributed by atoms with Crippen LogP contribution in [0.1, 0.15) is 5.56 Å². The summed E-state index contributed by atoms with van der Waals surface area (Å²) >= 11 is 8.26. The highest BCUT2D eigenvalue weighted by molar-refractivity contribution is 9.11. The molecule has 5 rings (SSSR count). The maximum atomic E-state index is 13.3. The quantitative estimate of drug-likeness (QED) is 0.266. The molecule has 5 aromatic rings. The second kappa shape index (κ2) is 9.36. The molecule has 0 unspecified atom stereocenters. The predicted octanol–water partition coefficient (Wildman–Crippen LogP) is 5.60. The van der Waals surface area contributed by atoms with Gasteiger partial charge < -0.3 is 5.32 Å². The van der Waals surface area contributed by atoms with E-state index in [4.69, 9.17) is 0 Å². The molecule has 1 amide bonds. The van der Waals surface area contributed by atoms with Crippen molar-refractivity contribution in [2.45, 2.75) is 12.1 Å². The normalized spacial score (nSPS) is 11.3. The van der Waals surface area contributed by atoms with Gasteiger partial charge in [-0.15, -0.1) is 10.2 Å². The van der Waals surface area contributed by atoms with Gasteiger partial charge in [0.15, 0.2) is 5.16 Å². The molecule has 0 radical (unpaired) electrons. The van der Waals surface area contributed by atoms with E-state index in [2.05, 4.69) is 47.4 Å². The maximum Gasteiger partial charge on any atom is 0.267 e. The summed E-state index contributed by atoms with van der Waals surface area (Å²) in [6.07, 6.45) is 0. The monoisotopic (exact) mass is 597 g/mol. The molecular weight excluding hydrogens is 582 g/mol. The van der Waals surface area contributed by atoms with Gasteiger partial charge in [0.05, 0.1) is 28.0 Å². The van der Waals surface area contributed by atoms with E-state index in [0.717, 1.165) is 14.5 Å². The molecule has 10 heteroatoms. The number of nitrogens with zero attached hydrogens (tertiary/aromatic N) is 4. The molecule has 0 spiro atoms. The average Bonchev–Trinajstić information content (AvgIpc) is 3.25. The van der Waals surface area contributed by atoms with Gasteiger partial charge in [-0.3, -0.25) is 14.0 Å². The van der Waals surface area contributed by atoms with Crippen molar-refractivity contribution in [1.82, 2.24) is 19.2 Å². The summed E-state index contributed by atoms with van der Waals surface area (Å²) in [5.41, 5.74) is 2.94. The first-order chi connectivity index (χ1) is 16.4. The smallest absolute Gasteiger partial charge is 0.267 e. The Hall–Kier alpha value is -2.95. The number of thioether (sulfide) groups is 1. The Morgan fingerprint density at radius 2 is 1.68 bits per heavy atom. The summed E-state index contributed by atoms with van der Waals surface area (Å²) in [6.45, 7) is 1.98. The molecule has 0 bridgehead atoms. The van der Waals surface area contributed by atoms with Crippen LogP contribution in [0.25, 0.3) is 22.4 Å². The number of rotatable bonds is 5. The van der Waals surface area contributed by atoms with E-state index in [1.165, 1.54) is 11.8 Å². The molecule has 34 heavy (non-hydrogen) atoms. The zero-order chi connectivity index (χ0) is 23.8. The molecule has 170 valence electrons. The van der Waals surface area contributed by atoms with E-state index in [9.17, 15) is 9.59 Å². The zero-order valence-electron chi connectivity index (χ0n) is 17.8. The van der Waals surface area contributed by atoms with Crippen molar-refractivity contribution in [3.63, 3.8) is 0 Å². The van der Waals surface area contributed by atoms with Crippen LogP contribution < -0.4 is 10.9 Å². The highest BCUT2D eigenvalue weighted by atomic mass is 79.9. The first-order valence-electron chi connectivity index (χ1n) is 10.3. The predicted molar refractivity (Wildman–Crippen MR) is 142 cm³/mol. The lowest BCUT2D eigenvalue weighted by atomic mass is 10.2. The summed E-state index contributed by atoms with van der Waals surface area (Å²) < 4.78 is 4.95. The van der Waals surface area contributed by atoms with Crippen LogP contribution in [-0.4, -0.2) is 30.8 Å². The van der Waals surface area contributed by atoms with E-state index in [1.54, 1.807) is 10.6 Å². The largest absolute Gasteiger partial charge is 0.323 e. The number of hydrogen-bond donors (Lipinski definition) is 1. The molecule has 3 aromatic carbocycles. The van der Waals surface area contributed by atoms with Crippen LogP contribution in [0, 0.1) is 6.92 Å². The fourth-order valence-corrected chi connectivity index (χ4v) is 6.06. The molecule has 0 fully saturated rings. The third-order valence-electron chi connectivity index (χ3n) is 5.19. The van der Waals surface area contributed by atoms with E-state index in [0.29, 0.717) is 33.2 Å². The SMILES string of the molecule is Cc1cc(Br)c(NC(=O)CSc2nnc3n(-c4ccccc4)c(=O)c4ccccc4n23)c(Br)c1. The molecule has 0 aliphatic heterocycles. The molecule has 7 nitrogen and oxygen atoms in total. The first-order valence-corrected chi connectivity index (χ1v) is 12.8. The Bertz CT molecular complexity index is 1590. The highest BCUT2D eigenvalue weighted by Gasteiger charge is 2.19. The second-order valence-electron chi connectivity index (χ2n) is 7.55. The number of carbonyl (C=O) groups is 1. The fraction of sp³-hybridized carbons (Fsp3) is 0.0833. The summed E-state index contributed by atoms with van der Waals surface area (Å²) in [5.74, 6) is 0.321. The fourth-order valence-electron chi connectivity index (χ4n) is 3.71. The number of carbonyl (C=O) groups excluding carboxylic acids is 1. The lowest BCUT2D eigenvalue weighted by Gasteiger charge is -2.12. The van der Waals surface area contributed by atoms with Gasteiger partial charge in [-0.25, -0.2) is 4.57 Å². The maximum absolute atomic E-state index is 13.3. The molecular formula is C24H17Br2N5O2S. The number of amides is 1. The van der Waals surface area contributed by atoms with Crippen LogP contribution in [0.15, 0.2) is 85.6 Å². The number of halogens is 2. The van der Waals surface area contributed by atoms with Gasteiger partial charge in [0.2, 0.25) is 11.7 Å². The molecule has 2 heterocycles. The number of anilines is 1. The van der Waals surface area contributed by atoms with Gasteiger partial charge >= 0.3 is 0 Å². The van der Waals surface area contributed by atoms with Gasteiger partial charge in [0, 0.05) is 8.95 Å². The molecule has 2 aromatic heterocycles. The number of hydrogen-bond acceptors (Lipinski definition) is 5. The van der Waals surface area contributed by atoms with Crippen molar-refractivity contribution in [2.75, 3.05) is 11.1 Å². The summed E-state index contributed by atoms with van der Waals surface area (Å²) in [7, 11) is 0. The number of fused-ring (bicyclic) bond motifs is 3. The van der Waals surface area contributed by atoms with Crippen LogP contribution in [0.4, 0.5) is 5.69 Å². The van der Waals surface area contributed by atoms with Crippen molar-refractivity contribution >= 4 is 71.9 Å². The van der Waals surface area contributed by atoms with Crippen LogP contribution >= 0.6 is 43.6 Å². The lowest BCUT2D eigenvalue weighted by molar-refractivity contribution is -0.113.